The highest BCUT2D eigenvalue weighted by atomic mass is 16.5. The fraction of sp³-hybridized carbons (Fsp3) is 0.460. The van der Waals surface area contributed by atoms with Gasteiger partial charge in [0.1, 0.15) is 40.7 Å². The third kappa shape index (κ3) is 11.3. The highest BCUT2D eigenvalue weighted by Gasteiger charge is 2.64. The van der Waals surface area contributed by atoms with E-state index < -0.39 is 46.9 Å². The number of aromatic nitrogens is 2. The van der Waals surface area contributed by atoms with Gasteiger partial charge in [0.15, 0.2) is 11.5 Å². The Morgan fingerprint density at radius 3 is 2.57 bits per heavy atom. The number of rotatable bonds is 8. The van der Waals surface area contributed by atoms with Gasteiger partial charge in [-0.15, -0.1) is 0 Å². The first-order valence-electron chi connectivity index (χ1n) is 37.8. The molecule has 14 bridgehead atoms. The predicted molar refractivity (Wildman–Crippen MR) is 391 cm³/mol. The zero-order valence-corrected chi connectivity index (χ0v) is 58.6. The largest absolute Gasteiger partial charge is 0.508 e. The molecule has 3 saturated carbocycles. The van der Waals surface area contributed by atoms with Crippen LogP contribution < -0.4 is 19.7 Å². The quantitative estimate of drug-likeness (QED) is 0.0429. The summed E-state index contributed by atoms with van der Waals surface area (Å²) in [6, 6.07) is 19.6. The van der Waals surface area contributed by atoms with Gasteiger partial charge in [-0.3, -0.25) is 14.4 Å². The summed E-state index contributed by atoms with van der Waals surface area (Å²) in [5.41, 5.74) is 7.87. The molecule has 4 aromatic carbocycles. The van der Waals surface area contributed by atoms with E-state index in [9.17, 15) is 35.1 Å². The van der Waals surface area contributed by atoms with Crippen LogP contribution in [0.5, 0.6) is 34.5 Å². The SMILES string of the molecule is COc1cc2cc(O)c1Oc1cc(O)cc(c1)CCC(CO)CC1CCC34CCC5(C3)C(O)c3ccc6c7cn(c(c37)C5C=CC14)C2CC(=O)CC(OC(C)=O)CCC12C3=CC=CC1CC=CC2c1c[nH]cc1C(C#CC3)C(c1cccc(O)c1)C1=CCNC(=C1)N6CCC(=O)C1CCCCC1. The number of anilines is 1. The first-order chi connectivity index (χ1) is 49.6. The highest BCUT2D eigenvalue weighted by molar-refractivity contribution is 6.01. The van der Waals surface area contributed by atoms with Gasteiger partial charge in [-0.25, -0.2) is 0 Å². The fourth-order valence-corrected chi connectivity index (χ4v) is 22.0. The van der Waals surface area contributed by atoms with Crippen LogP contribution in [-0.4, -0.2) is 85.5 Å². The summed E-state index contributed by atoms with van der Waals surface area (Å²) >= 11 is 0. The van der Waals surface area contributed by atoms with Crippen molar-refractivity contribution in [3.8, 4) is 46.3 Å². The number of methoxy groups -OCH3 is 1. The Hall–Kier alpha value is -8.97. The van der Waals surface area contributed by atoms with E-state index in [4.69, 9.17) is 14.2 Å². The van der Waals surface area contributed by atoms with Gasteiger partial charge in [0.05, 0.1) is 30.9 Å². The van der Waals surface area contributed by atoms with Crippen LogP contribution in [0.4, 0.5) is 5.69 Å². The van der Waals surface area contributed by atoms with Crippen LogP contribution in [0.25, 0.3) is 10.8 Å². The molecule has 14 unspecified atom stereocenters. The third-order valence-electron chi connectivity index (χ3n) is 26.6. The second kappa shape index (κ2) is 26.4. The van der Waals surface area contributed by atoms with E-state index in [0.29, 0.717) is 56.5 Å². The van der Waals surface area contributed by atoms with Crippen LogP contribution in [0.3, 0.4) is 0 Å². The molecule has 2 aromatic heterocycles. The summed E-state index contributed by atoms with van der Waals surface area (Å²) in [6.07, 6.45) is 39.2. The van der Waals surface area contributed by atoms with Crippen molar-refractivity contribution in [2.75, 3.05) is 31.7 Å². The molecule has 0 saturated heterocycles. The number of nitrogens with one attached hydrogen (secondary N) is 2. The molecule has 14 atom stereocenters. The lowest BCUT2D eigenvalue weighted by Crippen LogP contribution is -2.41. The monoisotopic (exact) mass is 1370 g/mol. The maximum absolute atomic E-state index is 16.2. The molecule has 8 aliphatic carbocycles. The second-order valence-corrected chi connectivity index (χ2v) is 31.9. The minimum atomic E-state index is -0.885. The van der Waals surface area contributed by atoms with Crippen molar-refractivity contribution in [3.05, 3.63) is 196 Å². The number of carbonyl (C=O) groups excluding carboxylic acids is 3. The minimum Gasteiger partial charge on any atom is -0.508 e. The number of hydrogen-bond acceptors (Lipinski definition) is 13. The van der Waals surface area contributed by atoms with Crippen molar-refractivity contribution in [3.63, 3.8) is 0 Å². The summed E-state index contributed by atoms with van der Waals surface area (Å²) < 4.78 is 21.6. The summed E-state index contributed by atoms with van der Waals surface area (Å²) in [5.74, 6) is 7.56. The first kappa shape index (κ1) is 66.3. The maximum Gasteiger partial charge on any atom is 0.302 e. The molecule has 4 aliphatic heterocycles. The molecule has 7 N–H and O–H groups in total. The summed E-state index contributed by atoms with van der Waals surface area (Å²) in [7, 11) is 1.52. The Bertz CT molecular complexity index is 4620. The number of fused-ring (bicyclic) bond motifs is 6. The van der Waals surface area contributed by atoms with E-state index in [1.54, 1.807) is 18.2 Å². The summed E-state index contributed by atoms with van der Waals surface area (Å²) in [6.45, 7) is 2.19. The maximum atomic E-state index is 16.2. The fourth-order valence-electron chi connectivity index (χ4n) is 22.0. The molecule has 6 aromatic rings. The number of dihydropyridines is 1. The number of aromatic amines is 1. The van der Waals surface area contributed by atoms with Gasteiger partial charge in [0.25, 0.3) is 0 Å². The molecule has 15 heteroatoms. The van der Waals surface area contributed by atoms with E-state index in [2.05, 4.69) is 123 Å². The number of carbonyl (C=O) groups is 3. The number of allylic oxidation sites excluding steroid dienone is 10. The number of aliphatic hydroxyl groups excluding tert-OH is 2. The number of phenolic OH excluding ortho intramolecular Hbond substituents is 3. The van der Waals surface area contributed by atoms with Crippen LogP contribution in [0.15, 0.2) is 157 Å². The van der Waals surface area contributed by atoms with Crippen LogP contribution in [0.2, 0.25) is 0 Å². The third-order valence-corrected chi connectivity index (χ3v) is 26.6. The number of nitrogens with zero attached hydrogens (tertiary/aromatic N) is 2. The second-order valence-electron chi connectivity index (χ2n) is 31.9. The average molecular weight is 1370 g/mol. The van der Waals surface area contributed by atoms with E-state index in [-0.39, 0.29) is 113 Å². The molecule has 0 amide bonds. The number of aromatic hydroxyl groups is 3. The van der Waals surface area contributed by atoms with Gasteiger partial charge < -0.3 is 59.5 Å². The molecule has 528 valence electrons. The number of aliphatic hydroxyl groups is 2. The number of aryl methyl sites for hydroxylation is 1. The molecule has 0 radical (unpaired) electrons. The topological polar surface area (TPSA) is 216 Å². The number of ether oxygens (including phenoxy) is 3. The highest BCUT2D eigenvalue weighted by Crippen LogP contribution is 2.73. The van der Waals surface area contributed by atoms with Gasteiger partial charge in [-0.2, -0.15) is 0 Å². The zero-order valence-electron chi connectivity index (χ0n) is 58.6. The molecule has 3 spiro atoms. The Labute approximate surface area is 597 Å². The number of ketones is 2. The van der Waals surface area contributed by atoms with Gasteiger partial charge in [-0.05, 0) is 200 Å². The molecular formula is C87H94N4O11. The average Bonchev–Trinajstić information content (AvgIpc) is 1.52. The summed E-state index contributed by atoms with van der Waals surface area (Å²) in [4.78, 5) is 50.7. The molecule has 15 nitrogen and oxygen atoms in total. The minimum absolute atomic E-state index is 0.00231. The van der Waals surface area contributed by atoms with E-state index in [1.165, 1.54) is 25.7 Å². The molecular weight excluding hydrogens is 1280 g/mol. The molecule has 3 fully saturated rings. The van der Waals surface area contributed by atoms with Crippen molar-refractivity contribution in [1.82, 2.24) is 14.9 Å². The van der Waals surface area contributed by atoms with Gasteiger partial charge in [0.2, 0.25) is 5.75 Å². The molecule has 12 aliphatic rings. The van der Waals surface area contributed by atoms with Crippen molar-refractivity contribution in [1.29, 1.82) is 0 Å². The van der Waals surface area contributed by atoms with Crippen molar-refractivity contribution < 1.29 is 54.1 Å². The van der Waals surface area contributed by atoms with Crippen LogP contribution in [0, 0.1) is 57.7 Å². The number of hydrogen-bond donors (Lipinski definition) is 7. The van der Waals surface area contributed by atoms with Crippen molar-refractivity contribution in [2.24, 2.45) is 45.8 Å². The Morgan fingerprint density at radius 2 is 1.73 bits per heavy atom. The van der Waals surface area contributed by atoms with Crippen molar-refractivity contribution in [2.45, 2.75) is 177 Å². The van der Waals surface area contributed by atoms with Crippen LogP contribution in [-0.2, 0) is 25.5 Å². The molecule has 102 heavy (non-hydrogen) atoms. The lowest BCUT2D eigenvalue weighted by Gasteiger charge is -2.50. The van der Waals surface area contributed by atoms with Gasteiger partial charge in [0, 0.05) is 128 Å². The van der Waals surface area contributed by atoms with E-state index >= 15 is 4.79 Å². The molecule has 18 rings (SSSR count). The lowest BCUT2D eigenvalue weighted by molar-refractivity contribution is -0.148. The predicted octanol–water partition coefficient (Wildman–Crippen LogP) is 16.2. The number of H-pyrrole nitrogens is 1. The van der Waals surface area contributed by atoms with Crippen LogP contribution >= 0.6 is 0 Å². The number of esters is 1. The summed E-state index contributed by atoms with van der Waals surface area (Å²) in [5, 5.41) is 66.2. The zero-order chi connectivity index (χ0) is 69.8. The molecule has 6 heterocycles. The van der Waals surface area contributed by atoms with Gasteiger partial charge in [-0.1, -0.05) is 103 Å². The normalized spacial score (nSPS) is 31.5. The van der Waals surface area contributed by atoms with Crippen molar-refractivity contribution >= 4 is 34.0 Å². The Morgan fingerprint density at radius 1 is 0.853 bits per heavy atom. The van der Waals surface area contributed by atoms with E-state index in [0.717, 1.165) is 138 Å². The van der Waals surface area contributed by atoms with Gasteiger partial charge >= 0.3 is 5.97 Å². The van der Waals surface area contributed by atoms with Crippen LogP contribution in [0.1, 0.15) is 204 Å². The number of benzene rings is 4. The number of phenols is 3. The first-order valence-corrected chi connectivity index (χ1v) is 37.8. The van der Waals surface area contributed by atoms with E-state index in [1.807, 2.05) is 24.3 Å². The smallest absolute Gasteiger partial charge is 0.302 e. The Balaban J connectivity index is 0.924. The lowest BCUT2D eigenvalue weighted by atomic mass is 9.53. The standard InChI is InChI=1S/C87H94N4O11/c1-51(93)101-64-27-31-87-59-13-7-14-60(87)16-9-19-72(87)69-47-88-46-68(69)66(18-8-15-59)80(56-12-6-17-61(94)39-56)57-28-34-89-79(42-57)90(35-29-76(97)54-10-4-3-5-11-54)74-25-22-67-81-70(74)48-91-75(45-63(96)43-64)58-40-77(98)83(78(41-58)100-2)102-65-38-52(37-62(95)44-65)20-21-53(49-92)36-55-26-30-85-32-33-86(50-85,84(67)99)73(82(81)91)24-23-71(55)85/h6-7,9,12-14,17,19,22-25,28,37-42,44,46-48,53-55,60,64,66,71-73,75,80,84,88-89,92,94-95,98-99H,3-5,10-11,15-16,20-21,26-27,29-36,43,45,49-50H2,1-2H3. The number of Topliss-reactive ketones (excluding diaryl/α,β-unsaturated/α-hetero) is 2. The Kier molecular flexibility index (Phi) is 17.1.